The van der Waals surface area contributed by atoms with Gasteiger partial charge in [0.1, 0.15) is 0 Å². The summed E-state index contributed by atoms with van der Waals surface area (Å²) >= 11 is 0. The van der Waals surface area contributed by atoms with Crippen LogP contribution in [0.15, 0.2) is 17.7 Å². The Labute approximate surface area is 129 Å². The summed E-state index contributed by atoms with van der Waals surface area (Å²) in [5.41, 5.74) is -0.190. The van der Waals surface area contributed by atoms with Crippen molar-refractivity contribution in [3.8, 4) is 17.2 Å². The van der Waals surface area contributed by atoms with Crippen LogP contribution in [0.25, 0.3) is 6.08 Å². The van der Waals surface area contributed by atoms with Crippen molar-refractivity contribution in [2.75, 3.05) is 7.11 Å². The predicted molar refractivity (Wildman–Crippen MR) is 80.5 cm³/mol. The van der Waals surface area contributed by atoms with Crippen molar-refractivity contribution >= 4 is 18.0 Å². The Morgan fingerprint density at radius 3 is 2.27 bits per heavy atom. The molecule has 6 nitrogen and oxygen atoms in total. The fraction of sp³-hybridized carbons (Fsp3) is 0.375. The molecule has 0 bridgehead atoms. The van der Waals surface area contributed by atoms with Crippen LogP contribution in [0.4, 0.5) is 0 Å². The third-order valence-electron chi connectivity index (χ3n) is 2.80. The molecule has 0 aliphatic carbocycles. The molecule has 0 spiro atoms. The van der Waals surface area contributed by atoms with Crippen LogP contribution in [0, 0.1) is 5.41 Å². The van der Waals surface area contributed by atoms with Crippen LogP contribution in [0.3, 0.4) is 0 Å². The molecule has 1 aromatic rings. The topological polar surface area (TPSA) is 93.1 Å². The van der Waals surface area contributed by atoms with Gasteiger partial charge in [0, 0.05) is 5.57 Å². The highest BCUT2D eigenvalue weighted by Gasteiger charge is 2.26. The summed E-state index contributed by atoms with van der Waals surface area (Å²) in [4.78, 5) is 23.5. The Balaban J connectivity index is 3.00. The highest BCUT2D eigenvalue weighted by molar-refractivity contribution is 6.00. The number of carbonyl (C=O) groups is 2. The van der Waals surface area contributed by atoms with Gasteiger partial charge in [0.05, 0.1) is 12.5 Å². The Hall–Kier alpha value is -2.50. The van der Waals surface area contributed by atoms with Gasteiger partial charge in [0.15, 0.2) is 11.5 Å². The van der Waals surface area contributed by atoms with Gasteiger partial charge in [-0.2, -0.15) is 0 Å². The minimum atomic E-state index is -0.782. The van der Waals surface area contributed by atoms with E-state index in [1.165, 1.54) is 32.2 Å². The first-order valence-corrected chi connectivity index (χ1v) is 6.61. The zero-order chi connectivity index (χ0) is 17.1. The number of carbonyl (C=O) groups excluding carboxylic acids is 2. The minimum absolute atomic E-state index is 0.0678. The highest BCUT2D eigenvalue weighted by atomic mass is 16.6. The average molecular weight is 308 g/mol. The number of esters is 2. The van der Waals surface area contributed by atoms with E-state index in [1.54, 1.807) is 20.8 Å². The lowest BCUT2D eigenvalue weighted by Crippen LogP contribution is -2.26. The van der Waals surface area contributed by atoms with Gasteiger partial charge in [-0.15, -0.1) is 0 Å². The van der Waals surface area contributed by atoms with Gasteiger partial charge in [-0.25, -0.2) is 4.79 Å². The number of ether oxygens (including phenoxy) is 2. The molecule has 0 aromatic heterocycles. The van der Waals surface area contributed by atoms with Crippen LogP contribution >= 0.6 is 0 Å². The smallest absolute Gasteiger partial charge is 0.341 e. The van der Waals surface area contributed by atoms with Crippen LogP contribution in [-0.4, -0.2) is 29.3 Å². The summed E-state index contributed by atoms with van der Waals surface area (Å²) in [7, 11) is 1.34. The van der Waals surface area contributed by atoms with Crippen LogP contribution in [0.5, 0.6) is 17.2 Å². The Bertz CT molecular complexity index is 622. The van der Waals surface area contributed by atoms with Crippen molar-refractivity contribution in [3.63, 3.8) is 0 Å². The molecule has 0 fully saturated rings. The molecule has 0 unspecified atom stereocenters. The van der Waals surface area contributed by atoms with E-state index in [-0.39, 0.29) is 22.8 Å². The van der Waals surface area contributed by atoms with E-state index in [1.807, 2.05) is 0 Å². The van der Waals surface area contributed by atoms with Crippen LogP contribution in [0.1, 0.15) is 33.3 Å². The zero-order valence-electron chi connectivity index (χ0n) is 13.3. The fourth-order valence-electron chi connectivity index (χ4n) is 1.48. The lowest BCUT2D eigenvalue weighted by atomic mass is 9.97. The van der Waals surface area contributed by atoms with E-state index in [0.29, 0.717) is 5.56 Å². The van der Waals surface area contributed by atoms with Gasteiger partial charge in [0.25, 0.3) is 0 Å². The number of rotatable bonds is 3. The van der Waals surface area contributed by atoms with Crippen LogP contribution in [0.2, 0.25) is 0 Å². The highest BCUT2D eigenvalue weighted by Crippen LogP contribution is 2.36. The van der Waals surface area contributed by atoms with E-state index in [2.05, 4.69) is 0 Å². The van der Waals surface area contributed by atoms with E-state index >= 15 is 0 Å². The SMILES string of the molecule is COc1cc(/C=C(\C)C(=O)OC(=O)C(C)(C)C)cc(O)c1O. The second-order valence-electron chi connectivity index (χ2n) is 5.85. The van der Waals surface area contributed by atoms with Gasteiger partial charge >= 0.3 is 11.9 Å². The summed E-state index contributed by atoms with van der Waals surface area (Å²) < 4.78 is 9.68. The molecule has 6 heteroatoms. The molecule has 0 aliphatic rings. The predicted octanol–water partition coefficient (Wildman–Crippen LogP) is 2.63. The Kier molecular flexibility index (Phi) is 5.19. The number of hydrogen-bond acceptors (Lipinski definition) is 6. The van der Waals surface area contributed by atoms with Crippen molar-refractivity contribution in [1.82, 2.24) is 0 Å². The Morgan fingerprint density at radius 1 is 1.18 bits per heavy atom. The van der Waals surface area contributed by atoms with Gasteiger partial charge in [0.2, 0.25) is 5.75 Å². The number of aromatic hydroxyl groups is 2. The second-order valence-corrected chi connectivity index (χ2v) is 5.85. The average Bonchev–Trinajstić information content (AvgIpc) is 2.41. The van der Waals surface area contributed by atoms with Gasteiger partial charge < -0.3 is 19.7 Å². The molecule has 2 N–H and O–H groups in total. The Morgan fingerprint density at radius 2 is 1.77 bits per heavy atom. The maximum absolute atomic E-state index is 11.9. The van der Waals surface area contributed by atoms with Crippen LogP contribution < -0.4 is 4.74 Å². The zero-order valence-corrected chi connectivity index (χ0v) is 13.3. The standard InChI is InChI=1S/C16H20O6/c1-9(14(19)22-15(20)16(2,3)4)6-10-7-11(17)13(18)12(8-10)21-5/h6-8,17-18H,1-5H3/b9-6+. The lowest BCUT2D eigenvalue weighted by Gasteiger charge is -2.15. The second kappa shape index (κ2) is 6.51. The monoisotopic (exact) mass is 308 g/mol. The fourth-order valence-corrected chi connectivity index (χ4v) is 1.48. The molecule has 0 amide bonds. The van der Waals surface area contributed by atoms with Crippen molar-refractivity contribution in [2.45, 2.75) is 27.7 Å². The minimum Gasteiger partial charge on any atom is -0.504 e. The molecule has 0 saturated heterocycles. The molecule has 0 heterocycles. The maximum Gasteiger partial charge on any atom is 0.341 e. The molecule has 1 aromatic carbocycles. The van der Waals surface area contributed by atoms with E-state index < -0.39 is 17.4 Å². The van der Waals surface area contributed by atoms with E-state index in [4.69, 9.17) is 9.47 Å². The van der Waals surface area contributed by atoms with E-state index in [0.717, 1.165) is 0 Å². The van der Waals surface area contributed by atoms with E-state index in [9.17, 15) is 19.8 Å². The van der Waals surface area contributed by atoms with Gasteiger partial charge in [-0.05, 0) is 51.5 Å². The first kappa shape index (κ1) is 17.6. The molecule has 120 valence electrons. The summed E-state index contributed by atoms with van der Waals surface area (Å²) in [6.07, 6.45) is 1.42. The number of benzene rings is 1. The summed E-state index contributed by atoms with van der Waals surface area (Å²) in [5, 5.41) is 19.1. The normalized spacial score (nSPS) is 12.0. The molecule has 0 aliphatic heterocycles. The van der Waals surface area contributed by atoms with Crippen LogP contribution in [-0.2, 0) is 14.3 Å². The van der Waals surface area contributed by atoms with Crippen molar-refractivity contribution in [1.29, 1.82) is 0 Å². The summed E-state index contributed by atoms with van der Waals surface area (Å²) in [6, 6.07) is 2.71. The van der Waals surface area contributed by atoms with Crippen molar-refractivity contribution in [3.05, 3.63) is 23.3 Å². The van der Waals surface area contributed by atoms with Gasteiger partial charge in [-0.3, -0.25) is 4.79 Å². The molecule has 0 radical (unpaired) electrons. The first-order chi connectivity index (χ1) is 10.1. The van der Waals surface area contributed by atoms with Crippen molar-refractivity contribution < 1.29 is 29.3 Å². The number of methoxy groups -OCH3 is 1. The van der Waals surface area contributed by atoms with Crippen molar-refractivity contribution in [2.24, 2.45) is 5.41 Å². The maximum atomic E-state index is 11.9. The van der Waals surface area contributed by atoms with Gasteiger partial charge in [-0.1, -0.05) is 0 Å². The third-order valence-corrected chi connectivity index (χ3v) is 2.80. The number of phenols is 2. The molecule has 22 heavy (non-hydrogen) atoms. The summed E-state index contributed by atoms with van der Waals surface area (Å²) in [6.45, 7) is 6.41. The first-order valence-electron chi connectivity index (χ1n) is 6.61. The molecular formula is C16H20O6. The largest absolute Gasteiger partial charge is 0.504 e. The molecule has 1 rings (SSSR count). The summed E-state index contributed by atoms with van der Waals surface area (Å²) in [5.74, 6) is -2.10. The number of phenolic OH excluding ortho intramolecular Hbond substituents is 2. The third kappa shape index (κ3) is 4.25. The molecular weight excluding hydrogens is 288 g/mol. The number of hydrogen-bond donors (Lipinski definition) is 2. The quantitative estimate of drug-likeness (QED) is 0.386. The molecule has 0 saturated carbocycles. The lowest BCUT2D eigenvalue weighted by molar-refractivity contribution is -0.163. The molecule has 0 atom stereocenters.